The number of rotatable bonds is 5. The van der Waals surface area contributed by atoms with Gasteiger partial charge in [-0.1, -0.05) is 30.7 Å². The fourth-order valence-electron chi connectivity index (χ4n) is 1.87. The first-order chi connectivity index (χ1) is 9.56. The van der Waals surface area contributed by atoms with Gasteiger partial charge in [0.05, 0.1) is 12.3 Å². The molecule has 0 fully saturated rings. The van der Waals surface area contributed by atoms with Crippen LogP contribution in [0.25, 0.3) is 5.69 Å². The first-order valence-corrected chi connectivity index (χ1v) is 6.64. The summed E-state index contributed by atoms with van der Waals surface area (Å²) in [6.07, 6.45) is 0.876. The highest BCUT2D eigenvalue weighted by Gasteiger charge is 2.21. The molecule has 1 aromatic carbocycles. The molecule has 0 spiro atoms. The zero-order valence-corrected chi connectivity index (χ0v) is 12.0. The molecule has 106 valence electrons. The number of nitrogens with zero attached hydrogens (tertiary/aromatic N) is 2. The Balaban J connectivity index is 2.52. The van der Waals surface area contributed by atoms with E-state index in [1.54, 1.807) is 19.1 Å². The van der Waals surface area contributed by atoms with Crippen LogP contribution >= 0.6 is 11.6 Å². The Morgan fingerprint density at radius 1 is 1.45 bits per heavy atom. The molecule has 0 aliphatic carbocycles. The number of aromatic nitrogens is 2. The van der Waals surface area contributed by atoms with Gasteiger partial charge in [0.15, 0.2) is 0 Å². The van der Waals surface area contributed by atoms with Crippen molar-refractivity contribution in [3.05, 3.63) is 40.7 Å². The van der Waals surface area contributed by atoms with Crippen LogP contribution in [0.15, 0.2) is 24.3 Å². The van der Waals surface area contributed by atoms with Crippen molar-refractivity contribution in [3.63, 3.8) is 0 Å². The van der Waals surface area contributed by atoms with Crippen molar-refractivity contribution in [1.29, 1.82) is 0 Å². The minimum Gasteiger partial charge on any atom is -0.491 e. The van der Waals surface area contributed by atoms with Crippen molar-refractivity contribution in [1.82, 2.24) is 9.78 Å². The van der Waals surface area contributed by atoms with Crippen LogP contribution < -0.4 is 4.74 Å². The van der Waals surface area contributed by atoms with Gasteiger partial charge in [0.1, 0.15) is 22.2 Å². The predicted octanol–water partition coefficient (Wildman–Crippen LogP) is 3.32. The van der Waals surface area contributed by atoms with Gasteiger partial charge in [-0.25, -0.2) is 9.48 Å². The molecule has 0 unspecified atom stereocenters. The van der Waals surface area contributed by atoms with Crippen molar-refractivity contribution in [3.8, 4) is 11.4 Å². The molecular weight excluding hydrogens is 280 g/mol. The molecule has 0 amide bonds. The van der Waals surface area contributed by atoms with Crippen molar-refractivity contribution in [2.45, 2.75) is 20.3 Å². The van der Waals surface area contributed by atoms with Crippen molar-refractivity contribution >= 4 is 17.6 Å². The van der Waals surface area contributed by atoms with Gasteiger partial charge in [0.2, 0.25) is 0 Å². The summed E-state index contributed by atoms with van der Waals surface area (Å²) in [6.45, 7) is 4.19. The number of para-hydroxylation sites is 2. The largest absolute Gasteiger partial charge is 0.491 e. The molecule has 2 rings (SSSR count). The maximum Gasteiger partial charge on any atom is 0.340 e. The van der Waals surface area contributed by atoms with Crippen LogP contribution in [-0.2, 0) is 0 Å². The lowest BCUT2D eigenvalue weighted by molar-refractivity contribution is 0.0696. The summed E-state index contributed by atoms with van der Waals surface area (Å²) in [4.78, 5) is 11.2. The molecule has 0 radical (unpaired) electrons. The quantitative estimate of drug-likeness (QED) is 0.919. The van der Waals surface area contributed by atoms with Crippen LogP contribution in [0.5, 0.6) is 5.75 Å². The number of halogens is 1. The lowest BCUT2D eigenvalue weighted by Gasteiger charge is -2.11. The lowest BCUT2D eigenvalue weighted by atomic mass is 10.2. The first kappa shape index (κ1) is 14.4. The smallest absolute Gasteiger partial charge is 0.340 e. The van der Waals surface area contributed by atoms with E-state index < -0.39 is 5.97 Å². The summed E-state index contributed by atoms with van der Waals surface area (Å²) < 4.78 is 7.03. The van der Waals surface area contributed by atoms with Crippen molar-refractivity contribution in [2.75, 3.05) is 6.61 Å². The molecule has 2 aromatic rings. The van der Waals surface area contributed by atoms with E-state index >= 15 is 0 Å². The van der Waals surface area contributed by atoms with E-state index in [0.29, 0.717) is 23.7 Å². The van der Waals surface area contributed by atoms with E-state index in [2.05, 4.69) is 5.10 Å². The predicted molar refractivity (Wildman–Crippen MR) is 76.1 cm³/mol. The third-order valence-electron chi connectivity index (χ3n) is 2.77. The molecule has 0 saturated heterocycles. The SMILES string of the molecule is CCCOc1ccccc1-n1nc(C)c(C(=O)O)c1Cl. The Morgan fingerprint density at radius 2 is 2.15 bits per heavy atom. The van der Waals surface area contributed by atoms with E-state index in [-0.39, 0.29) is 10.7 Å². The number of aryl methyl sites for hydroxylation is 1. The van der Waals surface area contributed by atoms with Crippen LogP contribution in [0, 0.1) is 6.92 Å². The molecule has 0 aliphatic rings. The minimum absolute atomic E-state index is 0.0111. The van der Waals surface area contributed by atoms with Gasteiger partial charge in [0, 0.05) is 0 Å². The molecule has 0 atom stereocenters. The van der Waals surface area contributed by atoms with Crippen LogP contribution in [-0.4, -0.2) is 27.5 Å². The molecule has 1 aromatic heterocycles. The topological polar surface area (TPSA) is 64.4 Å². The molecule has 6 heteroatoms. The van der Waals surface area contributed by atoms with Crippen molar-refractivity contribution < 1.29 is 14.6 Å². The molecule has 1 heterocycles. The molecule has 5 nitrogen and oxygen atoms in total. The average Bonchev–Trinajstić information content (AvgIpc) is 2.72. The first-order valence-electron chi connectivity index (χ1n) is 6.26. The van der Waals surface area contributed by atoms with Gasteiger partial charge < -0.3 is 9.84 Å². The van der Waals surface area contributed by atoms with Gasteiger partial charge in [0.25, 0.3) is 0 Å². The van der Waals surface area contributed by atoms with Gasteiger partial charge in [-0.05, 0) is 25.5 Å². The number of aromatic carboxylic acids is 1. The molecule has 0 bridgehead atoms. The summed E-state index contributed by atoms with van der Waals surface area (Å²) in [5.74, 6) is -0.471. The number of benzene rings is 1. The number of ether oxygens (including phenoxy) is 1. The standard InChI is InChI=1S/C14H15ClN2O3/c1-3-8-20-11-7-5-4-6-10(11)17-13(15)12(14(18)19)9(2)16-17/h4-7H,3,8H2,1-2H3,(H,18,19). The highest BCUT2D eigenvalue weighted by molar-refractivity contribution is 6.33. The number of hydrogen-bond donors (Lipinski definition) is 1. The Morgan fingerprint density at radius 3 is 2.75 bits per heavy atom. The van der Waals surface area contributed by atoms with Gasteiger partial charge >= 0.3 is 5.97 Å². The van der Waals surface area contributed by atoms with Crippen LogP contribution in [0.2, 0.25) is 5.15 Å². The Hall–Kier alpha value is -2.01. The van der Waals surface area contributed by atoms with Crippen LogP contribution in [0.4, 0.5) is 0 Å². The number of carboxylic acid groups (broad SMARTS) is 1. The highest BCUT2D eigenvalue weighted by atomic mass is 35.5. The maximum atomic E-state index is 11.2. The zero-order valence-electron chi connectivity index (χ0n) is 11.3. The summed E-state index contributed by atoms with van der Waals surface area (Å²) in [7, 11) is 0. The summed E-state index contributed by atoms with van der Waals surface area (Å²) >= 11 is 6.13. The van der Waals surface area contributed by atoms with E-state index in [1.165, 1.54) is 4.68 Å². The third kappa shape index (κ3) is 2.63. The highest BCUT2D eigenvalue weighted by Crippen LogP contribution is 2.29. The zero-order chi connectivity index (χ0) is 14.7. The third-order valence-corrected chi connectivity index (χ3v) is 3.12. The summed E-state index contributed by atoms with van der Waals surface area (Å²) in [5.41, 5.74) is 1.01. The van der Waals surface area contributed by atoms with E-state index in [1.807, 2.05) is 19.1 Å². The van der Waals surface area contributed by atoms with E-state index in [0.717, 1.165) is 6.42 Å². The van der Waals surface area contributed by atoms with E-state index in [9.17, 15) is 4.79 Å². The number of carboxylic acids is 1. The number of hydrogen-bond acceptors (Lipinski definition) is 3. The molecule has 0 saturated carbocycles. The van der Waals surface area contributed by atoms with Gasteiger partial charge in [-0.3, -0.25) is 0 Å². The monoisotopic (exact) mass is 294 g/mol. The molecule has 1 N–H and O–H groups in total. The second-order valence-electron chi connectivity index (χ2n) is 4.28. The van der Waals surface area contributed by atoms with Gasteiger partial charge in [-0.15, -0.1) is 0 Å². The number of carbonyl (C=O) groups is 1. The molecule has 0 aliphatic heterocycles. The lowest BCUT2D eigenvalue weighted by Crippen LogP contribution is -2.03. The second-order valence-corrected chi connectivity index (χ2v) is 4.64. The average molecular weight is 295 g/mol. The maximum absolute atomic E-state index is 11.2. The molecular formula is C14H15ClN2O3. The van der Waals surface area contributed by atoms with Crippen molar-refractivity contribution in [2.24, 2.45) is 0 Å². The van der Waals surface area contributed by atoms with Crippen LogP contribution in [0.1, 0.15) is 29.4 Å². The Kier molecular flexibility index (Phi) is 4.29. The Bertz CT molecular complexity index is 637. The second kappa shape index (κ2) is 5.96. The fourth-order valence-corrected chi connectivity index (χ4v) is 2.21. The normalized spacial score (nSPS) is 10.6. The van der Waals surface area contributed by atoms with Crippen LogP contribution in [0.3, 0.4) is 0 Å². The van der Waals surface area contributed by atoms with E-state index in [4.69, 9.17) is 21.4 Å². The summed E-state index contributed by atoms with van der Waals surface area (Å²) in [5, 5.41) is 13.4. The minimum atomic E-state index is -1.09. The fraction of sp³-hybridized carbons (Fsp3) is 0.286. The van der Waals surface area contributed by atoms with Gasteiger partial charge in [-0.2, -0.15) is 5.10 Å². The molecule has 20 heavy (non-hydrogen) atoms. The Labute approximate surface area is 121 Å². The summed E-state index contributed by atoms with van der Waals surface area (Å²) in [6, 6.07) is 7.26.